The van der Waals surface area contributed by atoms with Crippen LogP contribution >= 0.6 is 0 Å². The van der Waals surface area contributed by atoms with E-state index < -0.39 is 31.0 Å². The van der Waals surface area contributed by atoms with E-state index in [1.54, 1.807) is 24.3 Å². The largest absolute Gasteiger partial charge is 0.488 e. The van der Waals surface area contributed by atoms with Crippen molar-refractivity contribution in [2.24, 2.45) is 5.73 Å². The van der Waals surface area contributed by atoms with Crippen molar-refractivity contribution in [3.63, 3.8) is 0 Å². The molecule has 0 saturated heterocycles. The topological polar surface area (TPSA) is 93.5 Å². The molecule has 0 fully saturated rings. The maximum atomic E-state index is 12.0. The molecule has 6 nitrogen and oxygen atoms in total. The molecule has 4 N–H and O–H groups in total. The van der Waals surface area contributed by atoms with Gasteiger partial charge in [-0.15, -0.1) is 0 Å². The number of hydrogen-bond donors (Lipinski definition) is 3. The number of rotatable bonds is 7. The smallest absolute Gasteiger partial charge is 0.312 e. The Balaban J connectivity index is 2.49. The van der Waals surface area contributed by atoms with E-state index in [4.69, 9.17) is 10.5 Å². The molecule has 21 heavy (non-hydrogen) atoms. The first-order valence-electron chi connectivity index (χ1n) is 6.22. The van der Waals surface area contributed by atoms with Crippen LogP contribution in [0.5, 0.6) is 5.75 Å². The van der Waals surface area contributed by atoms with Crippen molar-refractivity contribution < 1.29 is 23.1 Å². The zero-order valence-corrected chi connectivity index (χ0v) is 11.4. The summed E-state index contributed by atoms with van der Waals surface area (Å²) in [5.74, 6) is -0.113. The van der Waals surface area contributed by atoms with Crippen LogP contribution in [-0.4, -0.2) is 31.0 Å². The molecule has 1 aromatic carbocycles. The van der Waals surface area contributed by atoms with E-state index in [2.05, 4.69) is 10.6 Å². The lowest BCUT2D eigenvalue weighted by Crippen LogP contribution is -2.46. The minimum atomic E-state index is -2.55. The lowest BCUT2D eigenvalue weighted by Gasteiger charge is -2.13. The van der Waals surface area contributed by atoms with Gasteiger partial charge in [0.1, 0.15) is 18.4 Å². The average molecular weight is 301 g/mol. The Morgan fingerprint density at radius 1 is 1.38 bits per heavy atom. The lowest BCUT2D eigenvalue weighted by molar-refractivity contribution is -0.122. The highest BCUT2D eigenvalue weighted by molar-refractivity contribution is 5.86. The van der Waals surface area contributed by atoms with Crippen LogP contribution in [0.25, 0.3) is 0 Å². The van der Waals surface area contributed by atoms with Crippen molar-refractivity contribution in [1.29, 1.82) is 0 Å². The van der Waals surface area contributed by atoms with Gasteiger partial charge in [-0.3, -0.25) is 4.79 Å². The third-order valence-corrected chi connectivity index (χ3v) is 2.49. The fraction of sp³-hybridized carbons (Fsp3) is 0.385. The third-order valence-electron chi connectivity index (χ3n) is 2.49. The molecule has 8 heteroatoms. The molecule has 0 heterocycles. The zero-order chi connectivity index (χ0) is 15.8. The van der Waals surface area contributed by atoms with Crippen molar-refractivity contribution in [3.8, 4) is 5.75 Å². The van der Waals surface area contributed by atoms with E-state index >= 15 is 0 Å². The number of alkyl halides is 2. The summed E-state index contributed by atoms with van der Waals surface area (Å²) in [4.78, 5) is 22.3. The summed E-state index contributed by atoms with van der Waals surface area (Å²) < 4.78 is 29.0. The number of carbonyl (C=O) groups is 2. The zero-order valence-electron chi connectivity index (χ0n) is 11.4. The Labute approximate surface area is 120 Å². The normalized spacial score (nSPS) is 11.8. The standard InChI is InChI=1S/C13H17F2N3O3/c1-8(18-13(16)20)12(19)17-6-9-3-2-4-10(5-9)21-7-11(14)15/h2-5,8,11H,6-7H2,1H3,(H,17,19)(H3,16,18,20)/t8-/m0/s1. The molecule has 0 aromatic heterocycles. The van der Waals surface area contributed by atoms with Crippen molar-refractivity contribution in [2.45, 2.75) is 25.9 Å². The predicted octanol–water partition coefficient (Wildman–Crippen LogP) is 1.00. The maximum absolute atomic E-state index is 12.0. The molecule has 0 aliphatic rings. The number of primary amides is 1. The predicted molar refractivity (Wildman–Crippen MR) is 72.0 cm³/mol. The molecule has 0 saturated carbocycles. The van der Waals surface area contributed by atoms with E-state index in [-0.39, 0.29) is 6.54 Å². The Kier molecular flexibility index (Phi) is 6.38. The van der Waals surface area contributed by atoms with Gasteiger partial charge in [0.15, 0.2) is 0 Å². The van der Waals surface area contributed by atoms with Crippen LogP contribution in [0, 0.1) is 0 Å². The second-order valence-electron chi connectivity index (χ2n) is 4.30. The molecule has 1 atom stereocenters. The van der Waals surface area contributed by atoms with E-state index in [0.717, 1.165) is 0 Å². The minimum Gasteiger partial charge on any atom is -0.488 e. The fourth-order valence-electron chi connectivity index (χ4n) is 1.53. The highest BCUT2D eigenvalue weighted by atomic mass is 19.3. The Morgan fingerprint density at radius 3 is 2.71 bits per heavy atom. The van der Waals surface area contributed by atoms with Crippen LogP contribution in [0.15, 0.2) is 24.3 Å². The molecule has 3 amide bonds. The van der Waals surface area contributed by atoms with Gasteiger partial charge in [-0.2, -0.15) is 0 Å². The van der Waals surface area contributed by atoms with Gasteiger partial charge >= 0.3 is 6.03 Å². The third kappa shape index (κ3) is 6.55. The number of nitrogens with two attached hydrogens (primary N) is 1. The molecule has 0 aliphatic carbocycles. The van der Waals surface area contributed by atoms with Crippen molar-refractivity contribution >= 4 is 11.9 Å². The van der Waals surface area contributed by atoms with Crippen molar-refractivity contribution in [2.75, 3.05) is 6.61 Å². The van der Waals surface area contributed by atoms with Crippen LogP contribution < -0.4 is 21.1 Å². The molecule has 0 bridgehead atoms. The summed E-state index contributed by atoms with van der Waals surface area (Å²) in [6.07, 6.45) is -2.55. The number of ether oxygens (including phenoxy) is 1. The maximum Gasteiger partial charge on any atom is 0.312 e. The molecular formula is C13H17F2N3O3. The van der Waals surface area contributed by atoms with Crippen molar-refractivity contribution in [3.05, 3.63) is 29.8 Å². The van der Waals surface area contributed by atoms with Crippen LogP contribution in [-0.2, 0) is 11.3 Å². The van der Waals surface area contributed by atoms with Gasteiger partial charge in [0.05, 0.1) is 0 Å². The minimum absolute atomic E-state index is 0.176. The second-order valence-corrected chi connectivity index (χ2v) is 4.30. The summed E-state index contributed by atoms with van der Waals surface area (Å²) in [5, 5.41) is 4.82. The Bertz CT molecular complexity index is 497. The summed E-state index contributed by atoms with van der Waals surface area (Å²) in [6, 6.07) is 4.88. The molecule has 1 aromatic rings. The van der Waals surface area contributed by atoms with E-state index in [1.165, 1.54) is 6.92 Å². The summed E-state index contributed by atoms with van der Waals surface area (Å²) in [5.41, 5.74) is 5.59. The highest BCUT2D eigenvalue weighted by Gasteiger charge is 2.13. The van der Waals surface area contributed by atoms with E-state index in [9.17, 15) is 18.4 Å². The summed E-state index contributed by atoms with van der Waals surface area (Å²) in [6.45, 7) is 0.979. The first-order chi connectivity index (χ1) is 9.88. The molecule has 0 aliphatic heterocycles. The fourth-order valence-corrected chi connectivity index (χ4v) is 1.53. The lowest BCUT2D eigenvalue weighted by atomic mass is 10.2. The van der Waals surface area contributed by atoms with Gasteiger partial charge in [0.2, 0.25) is 5.91 Å². The molecule has 0 radical (unpaired) electrons. The van der Waals surface area contributed by atoms with Gasteiger partial charge in [-0.05, 0) is 24.6 Å². The number of nitrogens with one attached hydrogen (secondary N) is 2. The average Bonchev–Trinajstić information content (AvgIpc) is 2.42. The van der Waals surface area contributed by atoms with Gasteiger partial charge in [0, 0.05) is 6.54 Å². The highest BCUT2D eigenvalue weighted by Crippen LogP contribution is 2.14. The molecule has 0 spiro atoms. The van der Waals surface area contributed by atoms with Crippen LogP contribution in [0.3, 0.4) is 0 Å². The van der Waals surface area contributed by atoms with Gasteiger partial charge in [-0.25, -0.2) is 13.6 Å². The first-order valence-corrected chi connectivity index (χ1v) is 6.22. The Hall–Kier alpha value is -2.38. The van der Waals surface area contributed by atoms with Crippen LogP contribution in [0.1, 0.15) is 12.5 Å². The van der Waals surface area contributed by atoms with Crippen molar-refractivity contribution in [1.82, 2.24) is 10.6 Å². The Morgan fingerprint density at radius 2 is 2.10 bits per heavy atom. The number of urea groups is 1. The van der Waals surface area contributed by atoms with E-state index in [0.29, 0.717) is 11.3 Å². The number of benzene rings is 1. The quantitative estimate of drug-likeness (QED) is 0.701. The van der Waals surface area contributed by atoms with Crippen LogP contribution in [0.2, 0.25) is 0 Å². The second kappa shape index (κ2) is 8.03. The summed E-state index contributed by atoms with van der Waals surface area (Å²) in [7, 11) is 0. The monoisotopic (exact) mass is 301 g/mol. The van der Waals surface area contributed by atoms with Crippen LogP contribution in [0.4, 0.5) is 13.6 Å². The number of halogens is 2. The summed E-state index contributed by atoms with van der Waals surface area (Å²) >= 11 is 0. The van der Waals surface area contributed by atoms with Gasteiger partial charge < -0.3 is 21.1 Å². The van der Waals surface area contributed by atoms with Gasteiger partial charge in [0.25, 0.3) is 6.43 Å². The SMILES string of the molecule is C[C@H](NC(N)=O)C(=O)NCc1cccc(OCC(F)F)c1. The molecule has 0 unspecified atom stereocenters. The number of amides is 3. The molecular weight excluding hydrogens is 284 g/mol. The number of hydrogen-bond acceptors (Lipinski definition) is 3. The molecule has 116 valence electrons. The van der Waals surface area contributed by atoms with Gasteiger partial charge in [-0.1, -0.05) is 12.1 Å². The van der Waals surface area contributed by atoms with E-state index in [1.807, 2.05) is 0 Å². The number of carbonyl (C=O) groups excluding carboxylic acids is 2. The molecule has 1 rings (SSSR count). The first kappa shape index (κ1) is 16.7.